The van der Waals surface area contributed by atoms with Crippen LogP contribution < -0.4 is 9.47 Å². The lowest BCUT2D eigenvalue weighted by Crippen LogP contribution is -2.28. The Kier molecular flexibility index (Phi) is 5.08. The zero-order valence-electron chi connectivity index (χ0n) is 14.9. The van der Waals surface area contributed by atoms with Crippen LogP contribution in [0.15, 0.2) is 48.5 Å². The Bertz CT molecular complexity index is 797. The summed E-state index contributed by atoms with van der Waals surface area (Å²) >= 11 is 0. The van der Waals surface area contributed by atoms with E-state index in [9.17, 15) is 4.79 Å². The Morgan fingerprint density at radius 1 is 1.16 bits per heavy atom. The molecule has 0 saturated heterocycles. The van der Waals surface area contributed by atoms with Gasteiger partial charge in [-0.05, 0) is 42.2 Å². The van der Waals surface area contributed by atoms with Gasteiger partial charge in [0.25, 0.3) is 0 Å². The van der Waals surface area contributed by atoms with Crippen molar-refractivity contribution >= 4 is 12.0 Å². The van der Waals surface area contributed by atoms with Gasteiger partial charge in [-0.2, -0.15) is 0 Å². The van der Waals surface area contributed by atoms with E-state index < -0.39 is 0 Å². The number of aryl methyl sites for hydroxylation is 1. The summed E-state index contributed by atoms with van der Waals surface area (Å²) in [6.07, 6.45) is 5.39. The fourth-order valence-corrected chi connectivity index (χ4v) is 3.33. The van der Waals surface area contributed by atoms with Crippen LogP contribution in [0.25, 0.3) is 6.08 Å². The summed E-state index contributed by atoms with van der Waals surface area (Å²) in [5.74, 6) is 1.39. The number of hydrogen-bond acceptors (Lipinski definition) is 3. The van der Waals surface area contributed by atoms with Crippen LogP contribution >= 0.6 is 0 Å². The predicted octanol–water partition coefficient (Wildman–Crippen LogP) is 3.86. The smallest absolute Gasteiger partial charge is 0.246 e. The second kappa shape index (κ2) is 7.43. The van der Waals surface area contributed by atoms with E-state index in [0.29, 0.717) is 5.75 Å². The van der Waals surface area contributed by atoms with Gasteiger partial charge in [0.1, 0.15) is 11.5 Å². The van der Waals surface area contributed by atoms with Crippen LogP contribution in [0.1, 0.15) is 29.2 Å². The molecule has 1 aliphatic carbocycles. The quantitative estimate of drug-likeness (QED) is 0.778. The fraction of sp³-hybridized carbons (Fsp3) is 0.286. The second-order valence-corrected chi connectivity index (χ2v) is 6.14. The first-order valence-corrected chi connectivity index (χ1v) is 8.38. The first-order chi connectivity index (χ1) is 12.1. The topological polar surface area (TPSA) is 38.8 Å². The lowest BCUT2D eigenvalue weighted by atomic mass is 10.1. The molecule has 4 heteroatoms. The molecule has 0 spiro atoms. The first kappa shape index (κ1) is 17.1. The van der Waals surface area contributed by atoms with Crippen LogP contribution in [-0.2, 0) is 11.2 Å². The van der Waals surface area contributed by atoms with Crippen LogP contribution in [0.3, 0.4) is 0 Å². The van der Waals surface area contributed by atoms with E-state index in [2.05, 4.69) is 18.2 Å². The first-order valence-electron chi connectivity index (χ1n) is 8.38. The lowest BCUT2D eigenvalue weighted by molar-refractivity contribution is -0.126. The molecule has 1 aliphatic rings. The summed E-state index contributed by atoms with van der Waals surface area (Å²) in [6.45, 7) is 0. The van der Waals surface area contributed by atoms with E-state index in [1.165, 1.54) is 11.1 Å². The van der Waals surface area contributed by atoms with Crippen molar-refractivity contribution in [1.82, 2.24) is 4.90 Å². The van der Waals surface area contributed by atoms with E-state index in [4.69, 9.17) is 9.47 Å². The third-order valence-corrected chi connectivity index (χ3v) is 4.76. The second-order valence-electron chi connectivity index (χ2n) is 6.14. The molecule has 130 valence electrons. The van der Waals surface area contributed by atoms with Gasteiger partial charge in [0.2, 0.25) is 5.91 Å². The Labute approximate surface area is 148 Å². The van der Waals surface area contributed by atoms with Gasteiger partial charge in [0.05, 0.1) is 20.3 Å². The third-order valence-electron chi connectivity index (χ3n) is 4.76. The Morgan fingerprint density at radius 2 is 1.96 bits per heavy atom. The zero-order valence-corrected chi connectivity index (χ0v) is 14.9. The summed E-state index contributed by atoms with van der Waals surface area (Å²) in [7, 11) is 5.09. The molecule has 2 aromatic carbocycles. The fourth-order valence-electron chi connectivity index (χ4n) is 3.33. The average molecular weight is 337 g/mol. The molecule has 1 atom stereocenters. The van der Waals surface area contributed by atoms with E-state index in [0.717, 1.165) is 24.2 Å². The van der Waals surface area contributed by atoms with Crippen molar-refractivity contribution in [2.24, 2.45) is 0 Å². The standard InChI is InChI=1S/C21H23NO3/c1-22(19-12-9-15-6-4-5-7-18(15)19)21(23)13-10-16-8-11-17(24-2)14-20(16)25-3/h4-8,10-11,13-14,19H,9,12H2,1-3H3/b13-10+. The van der Waals surface area contributed by atoms with Gasteiger partial charge in [0, 0.05) is 24.8 Å². The molecule has 0 heterocycles. The number of nitrogens with zero attached hydrogens (tertiary/aromatic N) is 1. The highest BCUT2D eigenvalue weighted by Crippen LogP contribution is 2.35. The van der Waals surface area contributed by atoms with Crippen molar-refractivity contribution in [3.05, 3.63) is 65.2 Å². The van der Waals surface area contributed by atoms with Crippen molar-refractivity contribution in [3.8, 4) is 11.5 Å². The van der Waals surface area contributed by atoms with Gasteiger partial charge < -0.3 is 14.4 Å². The summed E-state index contributed by atoms with van der Waals surface area (Å²) in [6, 6.07) is 14.0. The number of hydrogen-bond donors (Lipinski definition) is 0. The van der Waals surface area contributed by atoms with Gasteiger partial charge in [-0.3, -0.25) is 4.79 Å². The number of carbonyl (C=O) groups excluding carboxylic acids is 1. The number of likely N-dealkylation sites (N-methyl/N-ethyl adjacent to an activating group) is 1. The normalized spacial score (nSPS) is 15.9. The summed E-state index contributed by atoms with van der Waals surface area (Å²) in [4.78, 5) is 14.4. The molecule has 0 aliphatic heterocycles. The van der Waals surface area contributed by atoms with Crippen LogP contribution in [0.2, 0.25) is 0 Å². The summed E-state index contributed by atoms with van der Waals surface area (Å²) in [5, 5.41) is 0. The molecule has 1 unspecified atom stereocenters. The maximum Gasteiger partial charge on any atom is 0.246 e. The van der Waals surface area contributed by atoms with Crippen LogP contribution in [0.4, 0.5) is 0 Å². The van der Waals surface area contributed by atoms with E-state index in [-0.39, 0.29) is 11.9 Å². The number of ether oxygens (including phenoxy) is 2. The van der Waals surface area contributed by atoms with Gasteiger partial charge in [-0.1, -0.05) is 24.3 Å². The molecule has 0 saturated carbocycles. The van der Waals surface area contributed by atoms with Gasteiger partial charge in [0.15, 0.2) is 0 Å². The van der Waals surface area contributed by atoms with Crippen molar-refractivity contribution in [3.63, 3.8) is 0 Å². The highest BCUT2D eigenvalue weighted by atomic mass is 16.5. The number of carbonyl (C=O) groups is 1. The van der Waals surface area contributed by atoms with Gasteiger partial charge in [-0.25, -0.2) is 0 Å². The minimum absolute atomic E-state index is 0.0143. The number of rotatable bonds is 5. The van der Waals surface area contributed by atoms with Crippen molar-refractivity contribution < 1.29 is 14.3 Å². The number of benzene rings is 2. The molecule has 0 aromatic heterocycles. The molecule has 25 heavy (non-hydrogen) atoms. The maximum absolute atomic E-state index is 12.6. The Hall–Kier alpha value is -2.75. The highest BCUT2D eigenvalue weighted by molar-refractivity contribution is 5.92. The van der Waals surface area contributed by atoms with Crippen molar-refractivity contribution in [1.29, 1.82) is 0 Å². The minimum atomic E-state index is -0.0143. The van der Waals surface area contributed by atoms with Gasteiger partial charge >= 0.3 is 0 Å². The largest absolute Gasteiger partial charge is 0.497 e. The van der Waals surface area contributed by atoms with Crippen molar-refractivity contribution in [2.45, 2.75) is 18.9 Å². The third kappa shape index (κ3) is 3.53. The SMILES string of the molecule is COc1ccc(/C=C/C(=O)N(C)C2CCc3ccccc32)c(OC)c1. The van der Waals surface area contributed by atoms with Gasteiger partial charge in [-0.15, -0.1) is 0 Å². The van der Waals surface area contributed by atoms with Crippen LogP contribution in [-0.4, -0.2) is 32.1 Å². The van der Waals surface area contributed by atoms with E-state index in [1.807, 2.05) is 30.1 Å². The minimum Gasteiger partial charge on any atom is -0.497 e. The Morgan fingerprint density at radius 3 is 2.72 bits per heavy atom. The molecule has 4 nitrogen and oxygen atoms in total. The summed E-state index contributed by atoms with van der Waals surface area (Å²) in [5.41, 5.74) is 3.44. The van der Waals surface area contributed by atoms with Crippen LogP contribution in [0, 0.1) is 0 Å². The molecule has 0 bridgehead atoms. The van der Waals surface area contributed by atoms with Crippen molar-refractivity contribution in [2.75, 3.05) is 21.3 Å². The number of methoxy groups -OCH3 is 2. The Balaban J connectivity index is 1.75. The molecule has 3 rings (SSSR count). The average Bonchev–Trinajstić information content (AvgIpc) is 3.09. The van der Waals surface area contributed by atoms with Crippen LogP contribution in [0.5, 0.6) is 11.5 Å². The maximum atomic E-state index is 12.6. The predicted molar refractivity (Wildman–Crippen MR) is 98.9 cm³/mol. The molecule has 1 amide bonds. The zero-order chi connectivity index (χ0) is 17.8. The molecule has 0 radical (unpaired) electrons. The monoisotopic (exact) mass is 337 g/mol. The highest BCUT2D eigenvalue weighted by Gasteiger charge is 2.27. The molecule has 2 aromatic rings. The molecular weight excluding hydrogens is 314 g/mol. The lowest BCUT2D eigenvalue weighted by Gasteiger charge is -2.24. The number of amides is 1. The number of fused-ring (bicyclic) bond motifs is 1. The molecule has 0 N–H and O–H groups in total. The molecular formula is C21H23NO3. The molecule has 0 fully saturated rings. The van der Waals surface area contributed by atoms with E-state index >= 15 is 0 Å². The van der Waals surface area contributed by atoms with E-state index in [1.54, 1.807) is 32.4 Å². The summed E-state index contributed by atoms with van der Waals surface area (Å²) < 4.78 is 10.6.